The minimum Gasteiger partial charge on any atom is -0.368 e. The molecule has 1 saturated heterocycles. The van der Waals surface area contributed by atoms with Crippen molar-refractivity contribution in [2.75, 3.05) is 31.6 Å². The molecule has 1 atom stereocenters. The summed E-state index contributed by atoms with van der Waals surface area (Å²) in [5.41, 5.74) is 0.400. The quantitative estimate of drug-likeness (QED) is 0.749. The third-order valence-electron chi connectivity index (χ3n) is 3.82. The fourth-order valence-corrected chi connectivity index (χ4v) is 2.79. The SMILES string of the molecule is CC1CN(c2ccc(CBr)cc2C(F)(F)F)CCN1C. The normalized spacial score (nSPS) is 21.3. The molecule has 0 bridgehead atoms. The van der Waals surface area contributed by atoms with Crippen molar-refractivity contribution in [1.29, 1.82) is 0 Å². The van der Waals surface area contributed by atoms with Gasteiger partial charge in [0.2, 0.25) is 0 Å². The molecule has 0 radical (unpaired) electrons. The fourth-order valence-electron chi connectivity index (χ4n) is 2.44. The summed E-state index contributed by atoms with van der Waals surface area (Å²) in [7, 11) is 2.00. The number of halogens is 4. The molecule has 0 aromatic heterocycles. The molecule has 112 valence electrons. The van der Waals surface area contributed by atoms with Crippen LogP contribution in [0.15, 0.2) is 18.2 Å². The monoisotopic (exact) mass is 350 g/mol. The van der Waals surface area contributed by atoms with Crippen LogP contribution in [0.1, 0.15) is 18.1 Å². The third-order valence-corrected chi connectivity index (χ3v) is 4.47. The van der Waals surface area contributed by atoms with Crippen LogP contribution in [0.25, 0.3) is 0 Å². The molecule has 1 heterocycles. The average molecular weight is 351 g/mol. The van der Waals surface area contributed by atoms with E-state index in [1.54, 1.807) is 12.1 Å². The van der Waals surface area contributed by atoms with Crippen molar-refractivity contribution in [1.82, 2.24) is 4.90 Å². The summed E-state index contributed by atoms with van der Waals surface area (Å²) in [6.45, 7) is 4.05. The summed E-state index contributed by atoms with van der Waals surface area (Å²) in [5.74, 6) is 0. The van der Waals surface area contributed by atoms with E-state index in [1.165, 1.54) is 6.07 Å². The van der Waals surface area contributed by atoms with E-state index in [0.29, 0.717) is 29.7 Å². The van der Waals surface area contributed by atoms with Crippen LogP contribution in [0.4, 0.5) is 18.9 Å². The Balaban J connectivity index is 2.36. The zero-order valence-electron chi connectivity index (χ0n) is 11.5. The molecule has 0 spiro atoms. The number of rotatable bonds is 2. The number of nitrogens with zero attached hydrogens (tertiary/aromatic N) is 2. The summed E-state index contributed by atoms with van der Waals surface area (Å²) in [6, 6.07) is 4.84. The summed E-state index contributed by atoms with van der Waals surface area (Å²) in [4.78, 5) is 4.00. The molecule has 20 heavy (non-hydrogen) atoms. The van der Waals surface area contributed by atoms with Crippen molar-refractivity contribution in [2.45, 2.75) is 24.5 Å². The Bertz CT molecular complexity index is 476. The third kappa shape index (κ3) is 3.28. The molecule has 2 rings (SSSR count). The van der Waals surface area contributed by atoms with Crippen molar-refractivity contribution in [3.05, 3.63) is 29.3 Å². The van der Waals surface area contributed by atoms with Crippen molar-refractivity contribution in [2.24, 2.45) is 0 Å². The largest absolute Gasteiger partial charge is 0.418 e. The van der Waals surface area contributed by atoms with Crippen LogP contribution in [-0.2, 0) is 11.5 Å². The highest BCUT2D eigenvalue weighted by Gasteiger charge is 2.36. The van der Waals surface area contributed by atoms with Gasteiger partial charge >= 0.3 is 6.18 Å². The van der Waals surface area contributed by atoms with Gasteiger partial charge < -0.3 is 9.80 Å². The topological polar surface area (TPSA) is 6.48 Å². The lowest BCUT2D eigenvalue weighted by Gasteiger charge is -2.40. The Morgan fingerprint density at radius 2 is 2.00 bits per heavy atom. The van der Waals surface area contributed by atoms with Crippen LogP contribution < -0.4 is 4.90 Å². The van der Waals surface area contributed by atoms with E-state index < -0.39 is 11.7 Å². The maximum Gasteiger partial charge on any atom is 0.418 e. The van der Waals surface area contributed by atoms with Crippen LogP contribution in [0.3, 0.4) is 0 Å². The number of anilines is 1. The van der Waals surface area contributed by atoms with Gasteiger partial charge in [0.1, 0.15) is 0 Å². The molecule has 0 saturated carbocycles. The second-order valence-electron chi connectivity index (χ2n) is 5.26. The first kappa shape index (κ1) is 15.6. The Hall–Kier alpha value is -0.750. The van der Waals surface area contributed by atoms with Crippen LogP contribution in [0.2, 0.25) is 0 Å². The first-order valence-corrected chi connectivity index (χ1v) is 7.66. The molecular weight excluding hydrogens is 333 g/mol. The van der Waals surface area contributed by atoms with Gasteiger partial charge in [-0.15, -0.1) is 0 Å². The summed E-state index contributed by atoms with van der Waals surface area (Å²) < 4.78 is 39.7. The molecule has 2 nitrogen and oxygen atoms in total. The predicted octanol–water partition coefficient (Wildman–Crippen LogP) is 3.74. The maximum atomic E-state index is 13.2. The Labute approximate surface area is 125 Å². The van der Waals surface area contributed by atoms with Gasteiger partial charge in [-0.3, -0.25) is 0 Å². The van der Waals surface area contributed by atoms with Gasteiger partial charge in [-0.1, -0.05) is 22.0 Å². The summed E-state index contributed by atoms with van der Waals surface area (Å²) >= 11 is 3.21. The summed E-state index contributed by atoms with van der Waals surface area (Å²) in [6.07, 6.45) is -4.32. The van der Waals surface area contributed by atoms with Crippen LogP contribution in [-0.4, -0.2) is 37.6 Å². The molecule has 1 aromatic rings. The highest BCUT2D eigenvalue weighted by Crippen LogP contribution is 2.38. The number of piperazine rings is 1. The smallest absolute Gasteiger partial charge is 0.368 e. The van der Waals surface area contributed by atoms with Gasteiger partial charge in [-0.2, -0.15) is 13.2 Å². The molecule has 1 aromatic carbocycles. The number of benzene rings is 1. The summed E-state index contributed by atoms with van der Waals surface area (Å²) in [5, 5.41) is 0.426. The van der Waals surface area contributed by atoms with Gasteiger partial charge in [0.05, 0.1) is 5.56 Å². The molecule has 1 aliphatic rings. The van der Waals surface area contributed by atoms with Crippen molar-refractivity contribution in [3.8, 4) is 0 Å². The number of hydrogen-bond donors (Lipinski definition) is 0. The van der Waals surface area contributed by atoms with Gasteiger partial charge in [-0.05, 0) is 31.7 Å². The first-order chi connectivity index (χ1) is 9.32. The van der Waals surface area contributed by atoms with Gasteiger partial charge in [0, 0.05) is 36.7 Å². The maximum absolute atomic E-state index is 13.2. The lowest BCUT2D eigenvalue weighted by molar-refractivity contribution is -0.137. The standard InChI is InChI=1S/C14H18BrF3N2/c1-10-9-20(6-5-19(10)2)13-4-3-11(8-15)7-12(13)14(16,17)18/h3-4,7,10H,5-6,8-9H2,1-2H3. The Morgan fingerprint density at radius 3 is 2.55 bits per heavy atom. The van der Waals surface area contributed by atoms with E-state index in [0.717, 1.165) is 6.54 Å². The molecule has 0 N–H and O–H groups in total. The molecule has 1 fully saturated rings. The highest BCUT2D eigenvalue weighted by atomic mass is 79.9. The Morgan fingerprint density at radius 1 is 1.30 bits per heavy atom. The molecular formula is C14H18BrF3N2. The number of alkyl halides is 4. The minimum absolute atomic E-state index is 0.251. The molecule has 1 unspecified atom stereocenters. The lowest BCUT2D eigenvalue weighted by Crippen LogP contribution is -2.50. The second-order valence-corrected chi connectivity index (χ2v) is 5.82. The second kappa shape index (κ2) is 5.93. The molecule has 6 heteroatoms. The molecule has 0 amide bonds. The van der Waals surface area contributed by atoms with E-state index in [9.17, 15) is 13.2 Å². The predicted molar refractivity (Wildman–Crippen MR) is 78.4 cm³/mol. The van der Waals surface area contributed by atoms with Crippen molar-refractivity contribution < 1.29 is 13.2 Å². The average Bonchev–Trinajstić information content (AvgIpc) is 2.40. The van der Waals surface area contributed by atoms with Crippen molar-refractivity contribution >= 4 is 21.6 Å². The van der Waals surface area contributed by atoms with Gasteiger partial charge in [0.25, 0.3) is 0 Å². The molecule has 1 aliphatic heterocycles. The van der Waals surface area contributed by atoms with E-state index in [2.05, 4.69) is 20.8 Å². The minimum atomic E-state index is -4.32. The van der Waals surface area contributed by atoms with E-state index in [1.807, 2.05) is 18.9 Å². The van der Waals surface area contributed by atoms with Gasteiger partial charge in [0.15, 0.2) is 0 Å². The number of hydrogen-bond acceptors (Lipinski definition) is 2. The van der Waals surface area contributed by atoms with Gasteiger partial charge in [-0.25, -0.2) is 0 Å². The van der Waals surface area contributed by atoms with E-state index in [4.69, 9.17) is 0 Å². The fraction of sp³-hybridized carbons (Fsp3) is 0.571. The highest BCUT2D eigenvalue weighted by molar-refractivity contribution is 9.08. The zero-order valence-corrected chi connectivity index (χ0v) is 13.1. The number of likely N-dealkylation sites (N-methyl/N-ethyl adjacent to an activating group) is 1. The van der Waals surface area contributed by atoms with Crippen LogP contribution >= 0.6 is 15.9 Å². The first-order valence-electron chi connectivity index (χ1n) is 6.54. The van der Waals surface area contributed by atoms with Crippen molar-refractivity contribution in [3.63, 3.8) is 0 Å². The lowest BCUT2D eigenvalue weighted by atomic mass is 10.1. The van der Waals surface area contributed by atoms with E-state index >= 15 is 0 Å². The van der Waals surface area contributed by atoms with E-state index in [-0.39, 0.29) is 6.04 Å². The van der Waals surface area contributed by atoms with Crippen LogP contribution in [0.5, 0.6) is 0 Å². The van der Waals surface area contributed by atoms with Crippen LogP contribution in [0, 0.1) is 0 Å². The zero-order chi connectivity index (χ0) is 14.9. The Kier molecular flexibility index (Phi) is 4.64. The molecule has 0 aliphatic carbocycles.